The van der Waals surface area contributed by atoms with Crippen LogP contribution >= 0.6 is 22.9 Å². The number of fused-ring (bicyclic) bond motifs is 1. The summed E-state index contributed by atoms with van der Waals surface area (Å²) in [4.78, 5) is 0. The van der Waals surface area contributed by atoms with Gasteiger partial charge in [0.15, 0.2) is 0 Å². The molecule has 0 amide bonds. The third kappa shape index (κ3) is 0.786. The lowest BCUT2D eigenvalue weighted by atomic mass is 10.4. The molecule has 0 bridgehead atoms. The summed E-state index contributed by atoms with van der Waals surface area (Å²) < 4.78 is 1.01. The first-order valence-corrected chi connectivity index (χ1v) is 3.98. The minimum absolute atomic E-state index is 0.681. The summed E-state index contributed by atoms with van der Waals surface area (Å²) >= 11 is 7.39. The van der Waals surface area contributed by atoms with Gasteiger partial charge in [0.2, 0.25) is 0 Å². The zero-order chi connectivity index (χ0) is 6.97. The van der Waals surface area contributed by atoms with Gasteiger partial charge in [-0.3, -0.25) is 0 Å². The van der Waals surface area contributed by atoms with Crippen molar-refractivity contribution in [1.82, 2.24) is 10.2 Å². The molecule has 4 heteroatoms. The van der Waals surface area contributed by atoms with Crippen molar-refractivity contribution < 1.29 is 0 Å². The Bertz CT molecular complexity index is 357. The van der Waals surface area contributed by atoms with E-state index >= 15 is 0 Å². The van der Waals surface area contributed by atoms with Gasteiger partial charge in [-0.15, -0.1) is 16.4 Å². The Labute approximate surface area is 66.5 Å². The Balaban J connectivity index is 2.95. The second kappa shape index (κ2) is 2.18. The minimum Gasteiger partial charge on any atom is -0.157 e. The van der Waals surface area contributed by atoms with Crippen LogP contribution in [0.25, 0.3) is 10.2 Å². The van der Waals surface area contributed by atoms with E-state index in [4.69, 9.17) is 11.6 Å². The van der Waals surface area contributed by atoms with E-state index in [1.165, 1.54) is 0 Å². The number of rotatable bonds is 0. The molecule has 0 atom stereocenters. The Hall–Kier alpha value is -0.670. The molecular weight excluding hydrogens is 168 g/mol. The fourth-order valence-electron chi connectivity index (χ4n) is 0.760. The van der Waals surface area contributed by atoms with E-state index in [2.05, 4.69) is 10.2 Å². The van der Waals surface area contributed by atoms with E-state index in [0.717, 1.165) is 10.2 Å². The van der Waals surface area contributed by atoms with Crippen molar-refractivity contribution in [3.8, 4) is 0 Å². The van der Waals surface area contributed by atoms with E-state index in [1.54, 1.807) is 17.5 Å². The third-order valence-electron chi connectivity index (χ3n) is 1.20. The molecule has 10 heavy (non-hydrogen) atoms. The summed E-state index contributed by atoms with van der Waals surface area (Å²) in [6, 6.07) is 1.90. The van der Waals surface area contributed by atoms with Gasteiger partial charge < -0.3 is 0 Å². The first-order valence-electron chi connectivity index (χ1n) is 2.72. The zero-order valence-electron chi connectivity index (χ0n) is 4.91. The normalized spacial score (nSPS) is 10.5. The molecule has 2 nitrogen and oxygen atoms in total. The van der Waals surface area contributed by atoms with Crippen LogP contribution in [0.3, 0.4) is 0 Å². The number of hydrogen-bond acceptors (Lipinski definition) is 3. The first kappa shape index (κ1) is 6.07. The Morgan fingerprint density at radius 2 is 2.40 bits per heavy atom. The predicted molar refractivity (Wildman–Crippen MR) is 42.4 cm³/mol. The van der Waals surface area contributed by atoms with E-state index in [-0.39, 0.29) is 0 Å². The lowest BCUT2D eigenvalue weighted by Crippen LogP contribution is -1.77. The summed E-state index contributed by atoms with van der Waals surface area (Å²) in [5, 5.41) is 10.2. The molecular formula is C6H3ClN2S. The first-order chi connectivity index (χ1) is 4.88. The molecule has 0 aliphatic heterocycles. The van der Waals surface area contributed by atoms with E-state index in [0.29, 0.717) is 5.02 Å². The van der Waals surface area contributed by atoms with Gasteiger partial charge in [-0.25, -0.2) is 0 Å². The highest BCUT2D eigenvalue weighted by molar-refractivity contribution is 7.17. The molecule has 2 rings (SSSR count). The highest BCUT2D eigenvalue weighted by Crippen LogP contribution is 2.24. The van der Waals surface area contributed by atoms with Crippen molar-refractivity contribution in [2.24, 2.45) is 0 Å². The molecule has 0 spiro atoms. The monoisotopic (exact) mass is 170 g/mol. The second-order valence-corrected chi connectivity index (χ2v) is 3.15. The summed E-state index contributed by atoms with van der Waals surface area (Å²) in [5.74, 6) is 0. The maximum atomic E-state index is 5.81. The number of nitrogens with zero attached hydrogens (tertiary/aromatic N) is 2. The van der Waals surface area contributed by atoms with Crippen molar-refractivity contribution in [3.63, 3.8) is 0 Å². The van der Waals surface area contributed by atoms with Gasteiger partial charge in [-0.2, -0.15) is 5.10 Å². The topological polar surface area (TPSA) is 25.8 Å². The van der Waals surface area contributed by atoms with Gasteiger partial charge in [0.1, 0.15) is 5.52 Å². The molecule has 2 heterocycles. The lowest BCUT2D eigenvalue weighted by Gasteiger charge is -1.87. The fourth-order valence-corrected chi connectivity index (χ4v) is 1.76. The molecule has 0 radical (unpaired) electrons. The Kier molecular flexibility index (Phi) is 1.32. The standard InChI is InChI=1S/C6H3ClN2S/c7-4-3-8-9-5-1-2-10-6(4)5/h1-3H. The average molecular weight is 171 g/mol. The van der Waals surface area contributed by atoms with Gasteiger partial charge in [0, 0.05) is 0 Å². The van der Waals surface area contributed by atoms with Crippen LogP contribution in [-0.4, -0.2) is 10.2 Å². The molecule has 0 unspecified atom stereocenters. The number of hydrogen-bond donors (Lipinski definition) is 0. The maximum absolute atomic E-state index is 5.81. The number of halogens is 1. The van der Waals surface area contributed by atoms with Crippen LogP contribution in [0.15, 0.2) is 17.6 Å². The van der Waals surface area contributed by atoms with Crippen molar-refractivity contribution in [2.75, 3.05) is 0 Å². The predicted octanol–water partition coefficient (Wildman–Crippen LogP) is 2.34. The Morgan fingerprint density at radius 1 is 1.50 bits per heavy atom. The average Bonchev–Trinajstić information content (AvgIpc) is 2.36. The molecule has 0 saturated heterocycles. The van der Waals surface area contributed by atoms with E-state index in [1.807, 2.05) is 11.4 Å². The second-order valence-electron chi connectivity index (χ2n) is 1.83. The maximum Gasteiger partial charge on any atom is 0.105 e. The zero-order valence-corrected chi connectivity index (χ0v) is 6.49. The summed E-state index contributed by atoms with van der Waals surface area (Å²) in [5.41, 5.74) is 0.873. The lowest BCUT2D eigenvalue weighted by molar-refractivity contribution is 1.08. The van der Waals surface area contributed by atoms with Crippen molar-refractivity contribution in [1.29, 1.82) is 0 Å². The summed E-state index contributed by atoms with van der Waals surface area (Å²) in [6.45, 7) is 0. The number of thiophene rings is 1. The van der Waals surface area contributed by atoms with Crippen LogP contribution in [0.2, 0.25) is 5.02 Å². The molecule has 0 aromatic carbocycles. The molecule has 0 fully saturated rings. The van der Waals surface area contributed by atoms with Crippen LogP contribution in [-0.2, 0) is 0 Å². The molecule has 50 valence electrons. The van der Waals surface area contributed by atoms with E-state index in [9.17, 15) is 0 Å². The van der Waals surface area contributed by atoms with Gasteiger partial charge >= 0.3 is 0 Å². The third-order valence-corrected chi connectivity index (χ3v) is 2.53. The number of aromatic nitrogens is 2. The van der Waals surface area contributed by atoms with Crippen molar-refractivity contribution in [3.05, 3.63) is 22.7 Å². The van der Waals surface area contributed by atoms with Crippen LogP contribution in [0.5, 0.6) is 0 Å². The van der Waals surface area contributed by atoms with Crippen molar-refractivity contribution in [2.45, 2.75) is 0 Å². The fraction of sp³-hybridized carbons (Fsp3) is 0. The van der Waals surface area contributed by atoms with Gasteiger partial charge in [-0.1, -0.05) is 11.6 Å². The molecule has 0 aliphatic carbocycles. The minimum atomic E-state index is 0.681. The SMILES string of the molecule is Clc1cnnc2ccsc12. The molecule has 2 aromatic rings. The summed E-state index contributed by atoms with van der Waals surface area (Å²) in [6.07, 6.45) is 1.56. The summed E-state index contributed by atoms with van der Waals surface area (Å²) in [7, 11) is 0. The van der Waals surface area contributed by atoms with Gasteiger partial charge in [0.25, 0.3) is 0 Å². The quantitative estimate of drug-likeness (QED) is 0.607. The van der Waals surface area contributed by atoms with Gasteiger partial charge in [0.05, 0.1) is 15.9 Å². The van der Waals surface area contributed by atoms with Crippen LogP contribution < -0.4 is 0 Å². The van der Waals surface area contributed by atoms with Gasteiger partial charge in [-0.05, 0) is 11.4 Å². The van der Waals surface area contributed by atoms with Crippen LogP contribution in [0, 0.1) is 0 Å². The smallest absolute Gasteiger partial charge is 0.105 e. The van der Waals surface area contributed by atoms with Crippen LogP contribution in [0.1, 0.15) is 0 Å². The Morgan fingerprint density at radius 3 is 3.20 bits per heavy atom. The highest BCUT2D eigenvalue weighted by atomic mass is 35.5. The molecule has 0 N–H and O–H groups in total. The molecule has 0 saturated carbocycles. The molecule has 0 aliphatic rings. The van der Waals surface area contributed by atoms with E-state index < -0.39 is 0 Å². The van der Waals surface area contributed by atoms with Crippen LogP contribution in [0.4, 0.5) is 0 Å². The highest BCUT2D eigenvalue weighted by Gasteiger charge is 1.99. The van der Waals surface area contributed by atoms with Crippen molar-refractivity contribution >= 4 is 33.2 Å². The molecule has 2 aromatic heterocycles. The largest absolute Gasteiger partial charge is 0.157 e.